The van der Waals surface area contributed by atoms with E-state index in [0.717, 1.165) is 58.5 Å². The van der Waals surface area contributed by atoms with Crippen molar-refractivity contribution in [2.24, 2.45) is 0 Å². The molecule has 2 atom stereocenters. The Kier molecular flexibility index (Phi) is 9.84. The van der Waals surface area contributed by atoms with Crippen LogP contribution in [0, 0.1) is 0 Å². The van der Waals surface area contributed by atoms with Gasteiger partial charge in [-0.25, -0.2) is 0 Å². The Morgan fingerprint density at radius 1 is 0.558 bits per heavy atom. The largest absolute Gasteiger partial charge is 0.492 e. The maximum absolute atomic E-state index is 6.65. The fraction of sp³-hybridized carbons (Fsp3) is 0.167. The normalized spacial score (nSPS) is 15.8. The summed E-state index contributed by atoms with van der Waals surface area (Å²) in [4.78, 5) is 0. The van der Waals surface area contributed by atoms with Gasteiger partial charge in [0.25, 0.3) is 0 Å². The molecule has 0 bridgehead atoms. The molecule has 5 aromatic carbocycles. The third kappa shape index (κ3) is 7.90. The highest BCUT2D eigenvalue weighted by Gasteiger charge is 2.33. The summed E-state index contributed by atoms with van der Waals surface area (Å²) >= 11 is 10.5. The van der Waals surface area contributed by atoms with Gasteiger partial charge in [0.15, 0.2) is 0 Å². The van der Waals surface area contributed by atoms with Crippen LogP contribution in [0.2, 0.25) is 0 Å². The summed E-state index contributed by atoms with van der Waals surface area (Å²) in [5.41, 5.74) is 5.48. The predicted octanol–water partition coefficient (Wildman–Crippen LogP) is 10.6. The molecular formula is C36H29Br3O4. The molecule has 218 valence electrons. The Balaban J connectivity index is 1.19. The standard InChI is InChI=1S/C36H29Br3O4/c37-28-9-1-24(2-10-28)20-40-31-15-7-27(8-16-31)34-23-42-35-19-32(41-21-25-3-11-29(38)12-4-25)17-18-33(35)36(34)43-22-26-5-13-30(39)14-6-26/h1-19,34,36H,20-23H2/t34-,36+/m1/s1. The number of benzene rings is 5. The third-order valence-electron chi connectivity index (χ3n) is 7.36. The smallest absolute Gasteiger partial charge is 0.128 e. The van der Waals surface area contributed by atoms with Crippen LogP contribution >= 0.6 is 47.8 Å². The van der Waals surface area contributed by atoms with Crippen LogP contribution in [0.1, 0.15) is 39.8 Å². The molecule has 1 heterocycles. The molecule has 0 aliphatic carbocycles. The molecule has 0 spiro atoms. The Hall–Kier alpha value is -3.10. The molecule has 43 heavy (non-hydrogen) atoms. The van der Waals surface area contributed by atoms with Gasteiger partial charge in [0.05, 0.1) is 19.3 Å². The number of ether oxygens (including phenoxy) is 4. The summed E-state index contributed by atoms with van der Waals surface area (Å²) in [6.07, 6.45) is -0.192. The van der Waals surface area contributed by atoms with Gasteiger partial charge in [-0.05, 0) is 82.9 Å². The van der Waals surface area contributed by atoms with Gasteiger partial charge in [-0.3, -0.25) is 0 Å². The summed E-state index contributed by atoms with van der Waals surface area (Å²) < 4.78 is 28.3. The zero-order valence-electron chi connectivity index (χ0n) is 23.2. The van der Waals surface area contributed by atoms with Crippen molar-refractivity contribution in [1.82, 2.24) is 0 Å². The van der Waals surface area contributed by atoms with Gasteiger partial charge in [0.1, 0.15) is 30.5 Å². The van der Waals surface area contributed by atoms with E-state index < -0.39 is 0 Å². The highest BCUT2D eigenvalue weighted by atomic mass is 79.9. The van der Waals surface area contributed by atoms with E-state index in [-0.39, 0.29) is 12.0 Å². The maximum atomic E-state index is 6.65. The minimum Gasteiger partial charge on any atom is -0.492 e. The van der Waals surface area contributed by atoms with E-state index in [0.29, 0.717) is 26.4 Å². The SMILES string of the molecule is Brc1ccc(COc2ccc([C@H]3COc4cc(OCc5ccc(Br)cc5)ccc4[C@@H]3OCc3ccc(Br)cc3)cc2)cc1. The topological polar surface area (TPSA) is 36.9 Å². The second-order valence-electron chi connectivity index (χ2n) is 10.4. The molecule has 0 radical (unpaired) electrons. The van der Waals surface area contributed by atoms with Crippen molar-refractivity contribution in [3.05, 3.63) is 156 Å². The minimum absolute atomic E-state index is 0.0120. The van der Waals surface area contributed by atoms with Crippen molar-refractivity contribution >= 4 is 47.8 Å². The van der Waals surface area contributed by atoms with Gasteiger partial charge in [-0.15, -0.1) is 0 Å². The number of halogens is 3. The van der Waals surface area contributed by atoms with Crippen molar-refractivity contribution in [3.8, 4) is 17.2 Å². The molecule has 4 nitrogen and oxygen atoms in total. The molecular weight excluding hydrogens is 736 g/mol. The predicted molar refractivity (Wildman–Crippen MR) is 180 cm³/mol. The Morgan fingerprint density at radius 2 is 1.05 bits per heavy atom. The number of rotatable bonds is 10. The van der Waals surface area contributed by atoms with E-state index in [4.69, 9.17) is 18.9 Å². The third-order valence-corrected chi connectivity index (χ3v) is 8.95. The maximum Gasteiger partial charge on any atom is 0.128 e. The first kappa shape index (κ1) is 29.9. The lowest BCUT2D eigenvalue weighted by molar-refractivity contribution is -0.00389. The average Bonchev–Trinajstić information content (AvgIpc) is 3.04. The first-order valence-electron chi connectivity index (χ1n) is 14.0. The van der Waals surface area contributed by atoms with Crippen LogP contribution in [0.3, 0.4) is 0 Å². The van der Waals surface area contributed by atoms with Crippen LogP contribution in [0.4, 0.5) is 0 Å². The fourth-order valence-electron chi connectivity index (χ4n) is 5.00. The molecule has 0 N–H and O–H groups in total. The molecule has 1 aliphatic rings. The quantitative estimate of drug-likeness (QED) is 0.142. The van der Waals surface area contributed by atoms with E-state index in [1.807, 2.05) is 72.8 Å². The second-order valence-corrected chi connectivity index (χ2v) is 13.1. The van der Waals surface area contributed by atoms with Crippen molar-refractivity contribution in [2.75, 3.05) is 6.61 Å². The van der Waals surface area contributed by atoms with Crippen LogP contribution < -0.4 is 14.2 Å². The lowest BCUT2D eigenvalue weighted by atomic mass is 9.87. The molecule has 7 heteroatoms. The molecule has 0 unspecified atom stereocenters. The van der Waals surface area contributed by atoms with Crippen LogP contribution in [0.15, 0.2) is 129 Å². The molecule has 0 saturated carbocycles. The monoisotopic (exact) mass is 762 g/mol. The molecule has 0 aromatic heterocycles. The zero-order valence-corrected chi connectivity index (χ0v) is 28.0. The van der Waals surface area contributed by atoms with Crippen LogP contribution in [-0.4, -0.2) is 6.61 Å². The summed E-state index contributed by atoms with van der Waals surface area (Å²) in [5, 5.41) is 0. The lowest BCUT2D eigenvalue weighted by Gasteiger charge is -2.34. The van der Waals surface area contributed by atoms with E-state index in [1.165, 1.54) is 0 Å². The van der Waals surface area contributed by atoms with Gasteiger partial charge in [-0.2, -0.15) is 0 Å². The Morgan fingerprint density at radius 3 is 1.60 bits per heavy atom. The molecule has 5 aromatic rings. The van der Waals surface area contributed by atoms with Gasteiger partial charge >= 0.3 is 0 Å². The molecule has 0 saturated heterocycles. The van der Waals surface area contributed by atoms with Crippen LogP contribution in [0.25, 0.3) is 0 Å². The molecule has 6 rings (SSSR count). The Bertz CT molecular complexity index is 1640. The average molecular weight is 765 g/mol. The van der Waals surface area contributed by atoms with E-state index in [1.54, 1.807) is 0 Å². The van der Waals surface area contributed by atoms with E-state index >= 15 is 0 Å². The summed E-state index contributed by atoms with van der Waals surface area (Å²) in [6, 6.07) is 38.8. The first-order valence-corrected chi connectivity index (χ1v) is 16.4. The van der Waals surface area contributed by atoms with Crippen molar-refractivity contribution < 1.29 is 18.9 Å². The summed E-state index contributed by atoms with van der Waals surface area (Å²) in [6.45, 7) is 1.98. The molecule has 0 fully saturated rings. The fourth-order valence-corrected chi connectivity index (χ4v) is 5.79. The number of hydrogen-bond acceptors (Lipinski definition) is 4. The first-order chi connectivity index (χ1) is 21.0. The lowest BCUT2D eigenvalue weighted by Crippen LogP contribution is -2.26. The van der Waals surface area contributed by atoms with Crippen molar-refractivity contribution in [1.29, 1.82) is 0 Å². The Labute approximate surface area is 277 Å². The van der Waals surface area contributed by atoms with Gasteiger partial charge < -0.3 is 18.9 Å². The van der Waals surface area contributed by atoms with Crippen LogP contribution in [0.5, 0.6) is 17.2 Å². The highest BCUT2D eigenvalue weighted by molar-refractivity contribution is 9.11. The number of fused-ring (bicyclic) bond motifs is 1. The molecule has 0 amide bonds. The molecule has 1 aliphatic heterocycles. The van der Waals surface area contributed by atoms with Gasteiger partial charge in [-0.1, -0.05) is 96.3 Å². The van der Waals surface area contributed by atoms with Crippen molar-refractivity contribution in [3.63, 3.8) is 0 Å². The van der Waals surface area contributed by atoms with Gasteiger partial charge in [0, 0.05) is 31.0 Å². The van der Waals surface area contributed by atoms with E-state index in [9.17, 15) is 0 Å². The second kappa shape index (κ2) is 14.1. The summed E-state index contributed by atoms with van der Waals surface area (Å²) in [7, 11) is 0. The minimum atomic E-state index is -0.192. The van der Waals surface area contributed by atoms with Crippen molar-refractivity contribution in [2.45, 2.75) is 31.8 Å². The van der Waals surface area contributed by atoms with Crippen LogP contribution in [-0.2, 0) is 24.6 Å². The number of hydrogen-bond donors (Lipinski definition) is 0. The summed E-state index contributed by atoms with van der Waals surface area (Å²) in [5.74, 6) is 2.39. The zero-order chi connectivity index (χ0) is 29.6. The highest BCUT2D eigenvalue weighted by Crippen LogP contribution is 2.45. The van der Waals surface area contributed by atoms with Gasteiger partial charge in [0.2, 0.25) is 0 Å². The van der Waals surface area contributed by atoms with E-state index in [2.05, 4.69) is 90.3 Å².